The lowest BCUT2D eigenvalue weighted by Crippen LogP contribution is -2.70. The Kier molecular flexibility index (Phi) is 8.92. The maximum Gasteiger partial charge on any atom is 0.352 e. The van der Waals surface area contributed by atoms with E-state index in [1.54, 1.807) is 31.5 Å². The predicted molar refractivity (Wildman–Crippen MR) is 135 cm³/mol. The molecule has 198 valence electrons. The van der Waals surface area contributed by atoms with Gasteiger partial charge >= 0.3 is 13.6 Å². The highest BCUT2D eigenvalue weighted by Crippen LogP contribution is 2.44. The van der Waals surface area contributed by atoms with Gasteiger partial charge in [0.15, 0.2) is 0 Å². The van der Waals surface area contributed by atoms with Crippen LogP contribution in [0.25, 0.3) is 0 Å². The molecule has 37 heavy (non-hydrogen) atoms. The minimum absolute atomic E-state index is 0.0422. The van der Waals surface area contributed by atoms with Gasteiger partial charge in [-0.1, -0.05) is 11.8 Å². The highest BCUT2D eigenvalue weighted by molar-refractivity contribution is 8.01. The second kappa shape index (κ2) is 12.0. The van der Waals surface area contributed by atoms with Gasteiger partial charge < -0.3 is 19.8 Å². The maximum absolute atomic E-state index is 12.8. The summed E-state index contributed by atoms with van der Waals surface area (Å²) in [5.41, 5.74) is 0.329. The number of fused-ring (bicyclic) bond motifs is 1. The lowest BCUT2D eigenvalue weighted by Gasteiger charge is -2.49. The fraction of sp³-hybridized carbons (Fsp3) is 0.421. The van der Waals surface area contributed by atoms with Gasteiger partial charge in [0.25, 0.3) is 5.91 Å². The fourth-order valence-electron chi connectivity index (χ4n) is 3.54. The summed E-state index contributed by atoms with van der Waals surface area (Å²) in [4.78, 5) is 53.2. The molecule has 0 radical (unpaired) electrons. The quantitative estimate of drug-likeness (QED) is 0.180. The third kappa shape index (κ3) is 6.53. The molecule has 0 bridgehead atoms. The average Bonchev–Trinajstić information content (AvgIpc) is 3.30. The summed E-state index contributed by atoms with van der Waals surface area (Å²) in [6.45, 7) is 1.63. The first-order valence-electron chi connectivity index (χ1n) is 10.8. The molecule has 2 aliphatic rings. The minimum atomic E-state index is -3.95. The number of pyridine rings is 1. The Bertz CT molecular complexity index is 1260. The molecule has 3 N–H and O–H groups in total. The Balaban J connectivity index is 1.39. The normalized spacial score (nSPS) is 20.7. The number of β-lactam (4-membered cyclic amide) rings is 1. The molecule has 1 fully saturated rings. The van der Waals surface area contributed by atoms with E-state index < -0.39 is 37.2 Å². The second-order valence-corrected chi connectivity index (χ2v) is 12.5. The van der Waals surface area contributed by atoms with Gasteiger partial charge in [0.05, 0.1) is 12.4 Å². The number of aromatic nitrogens is 5. The lowest BCUT2D eigenvalue weighted by atomic mass is 10.0. The minimum Gasteiger partial charge on any atom is -0.477 e. The number of hydrogen-bond donors (Lipinski definition) is 3. The van der Waals surface area contributed by atoms with Crippen LogP contribution in [0.5, 0.6) is 0 Å². The van der Waals surface area contributed by atoms with Gasteiger partial charge in [-0.3, -0.25) is 24.0 Å². The summed E-state index contributed by atoms with van der Waals surface area (Å²) in [7, 11) is -3.95. The molecule has 4 rings (SSSR count). The van der Waals surface area contributed by atoms with Crippen LogP contribution in [0.3, 0.4) is 0 Å². The molecule has 3 atom stereocenters. The first kappa shape index (κ1) is 27.6. The number of tetrazole rings is 1. The SMILES string of the molecule is CCOP(=O)(O)Cn1nnnc1SCC1=C(C(=O)O)N2C(=O)[C@@H](NC(=O)CSc3ccncc3)[C@H]2SC1. The van der Waals surface area contributed by atoms with Crippen LogP contribution in [0, 0.1) is 0 Å². The Hall–Kier alpha value is -2.43. The number of nitrogens with zero attached hydrogens (tertiary/aromatic N) is 6. The predicted octanol–water partition coefficient (Wildman–Crippen LogP) is 0.871. The van der Waals surface area contributed by atoms with Crippen molar-refractivity contribution in [3.8, 4) is 0 Å². The first-order chi connectivity index (χ1) is 17.7. The monoisotopic (exact) mass is 587 g/mol. The van der Waals surface area contributed by atoms with Crippen LogP contribution in [0.4, 0.5) is 0 Å². The van der Waals surface area contributed by atoms with Gasteiger partial charge in [0.1, 0.15) is 23.4 Å². The van der Waals surface area contributed by atoms with E-state index in [-0.39, 0.29) is 34.9 Å². The molecule has 2 aromatic rings. The maximum atomic E-state index is 12.8. The van der Waals surface area contributed by atoms with Crippen molar-refractivity contribution in [1.82, 2.24) is 35.4 Å². The van der Waals surface area contributed by atoms with E-state index in [1.807, 2.05) is 0 Å². The molecular weight excluding hydrogens is 565 g/mol. The van der Waals surface area contributed by atoms with Gasteiger partial charge in [-0.2, -0.15) is 0 Å². The summed E-state index contributed by atoms with van der Waals surface area (Å²) in [6, 6.07) is 2.73. The average molecular weight is 588 g/mol. The molecule has 18 heteroatoms. The van der Waals surface area contributed by atoms with Crippen molar-refractivity contribution in [1.29, 1.82) is 0 Å². The number of nitrogens with one attached hydrogen (secondary N) is 1. The van der Waals surface area contributed by atoms with Crippen molar-refractivity contribution in [2.75, 3.05) is 23.9 Å². The van der Waals surface area contributed by atoms with Crippen molar-refractivity contribution >= 4 is 60.7 Å². The molecule has 2 aromatic heterocycles. The molecular formula is C19H22N7O7PS3. The molecule has 0 aromatic carbocycles. The Morgan fingerprint density at radius 3 is 2.78 bits per heavy atom. The van der Waals surface area contributed by atoms with Crippen LogP contribution in [-0.4, -0.2) is 93.2 Å². The number of carbonyl (C=O) groups excluding carboxylic acids is 2. The van der Waals surface area contributed by atoms with Crippen molar-refractivity contribution in [3.05, 3.63) is 35.8 Å². The van der Waals surface area contributed by atoms with Crippen molar-refractivity contribution in [2.45, 2.75) is 34.7 Å². The zero-order valence-electron chi connectivity index (χ0n) is 19.3. The molecule has 0 aliphatic carbocycles. The van der Waals surface area contributed by atoms with E-state index in [2.05, 4.69) is 25.8 Å². The fourth-order valence-corrected chi connectivity index (χ4v) is 7.71. The van der Waals surface area contributed by atoms with E-state index in [0.29, 0.717) is 11.3 Å². The smallest absolute Gasteiger partial charge is 0.352 e. The topological polar surface area (TPSA) is 190 Å². The summed E-state index contributed by atoms with van der Waals surface area (Å²) < 4.78 is 18.0. The number of rotatable bonds is 12. The summed E-state index contributed by atoms with van der Waals surface area (Å²) in [5, 5.41) is 23.3. The van der Waals surface area contributed by atoms with Crippen LogP contribution in [0.1, 0.15) is 6.92 Å². The molecule has 2 aliphatic heterocycles. The van der Waals surface area contributed by atoms with Crippen LogP contribution in [-0.2, 0) is 29.8 Å². The van der Waals surface area contributed by atoms with Crippen molar-refractivity contribution in [3.63, 3.8) is 0 Å². The molecule has 14 nitrogen and oxygen atoms in total. The molecule has 2 amide bonds. The summed E-state index contributed by atoms with van der Waals surface area (Å²) in [5.74, 6) is -1.55. The van der Waals surface area contributed by atoms with Crippen molar-refractivity contribution < 1.29 is 33.5 Å². The number of aliphatic carboxylic acids is 1. The Labute approximate surface area is 223 Å². The van der Waals surface area contributed by atoms with Gasteiger partial charge in [0, 0.05) is 28.8 Å². The molecule has 0 saturated carbocycles. The first-order valence-corrected chi connectivity index (χ1v) is 15.6. The number of carboxylic acid groups (broad SMARTS) is 1. The third-order valence-electron chi connectivity index (χ3n) is 5.10. The Morgan fingerprint density at radius 2 is 2.08 bits per heavy atom. The van der Waals surface area contributed by atoms with E-state index in [0.717, 1.165) is 21.3 Å². The highest BCUT2D eigenvalue weighted by atomic mass is 32.2. The lowest BCUT2D eigenvalue weighted by molar-refractivity contribution is -0.150. The zero-order chi connectivity index (χ0) is 26.6. The number of hydrogen-bond acceptors (Lipinski definition) is 12. The molecule has 4 heterocycles. The van der Waals surface area contributed by atoms with E-state index in [1.165, 1.54) is 28.4 Å². The van der Waals surface area contributed by atoms with E-state index >= 15 is 0 Å². The van der Waals surface area contributed by atoms with E-state index in [9.17, 15) is 28.9 Å². The summed E-state index contributed by atoms with van der Waals surface area (Å²) >= 11 is 3.73. The van der Waals surface area contributed by atoms with Crippen LogP contribution in [0.15, 0.2) is 45.8 Å². The van der Waals surface area contributed by atoms with Gasteiger partial charge in [-0.25, -0.2) is 9.48 Å². The number of thioether (sulfide) groups is 3. The van der Waals surface area contributed by atoms with Gasteiger partial charge in [-0.15, -0.1) is 28.6 Å². The molecule has 1 unspecified atom stereocenters. The second-order valence-electron chi connectivity index (χ2n) is 7.63. The van der Waals surface area contributed by atoms with Gasteiger partial charge in [0.2, 0.25) is 11.1 Å². The highest BCUT2D eigenvalue weighted by Gasteiger charge is 2.54. The van der Waals surface area contributed by atoms with E-state index in [4.69, 9.17) is 4.52 Å². The number of amides is 2. The third-order valence-corrected chi connectivity index (χ3v) is 9.79. The van der Waals surface area contributed by atoms with Crippen LogP contribution >= 0.6 is 42.9 Å². The Morgan fingerprint density at radius 1 is 1.32 bits per heavy atom. The molecule has 0 spiro atoms. The number of carbonyl (C=O) groups is 3. The largest absolute Gasteiger partial charge is 0.477 e. The standard InChI is InChI=1S/C19H22N7O7PS3/c1-2-33-34(31,32)10-25-19(22-23-24-25)37-8-11-7-36-17-14(16(28)26(17)15(11)18(29)30)21-13(27)9-35-12-3-5-20-6-4-12/h3-6,14,17H,2,7-10H2,1H3,(H,21,27)(H,29,30)(H,31,32)/t14-,17-/m1/s1. The van der Waals surface area contributed by atoms with Gasteiger partial charge in [-0.05, 0) is 35.1 Å². The van der Waals surface area contributed by atoms with Crippen LogP contribution in [0.2, 0.25) is 0 Å². The van der Waals surface area contributed by atoms with Crippen molar-refractivity contribution in [2.24, 2.45) is 0 Å². The zero-order valence-corrected chi connectivity index (χ0v) is 22.6. The summed E-state index contributed by atoms with van der Waals surface area (Å²) in [6.07, 6.45) is 2.78. The number of carboxylic acids is 1. The molecule has 1 saturated heterocycles. The van der Waals surface area contributed by atoms with Crippen LogP contribution < -0.4 is 5.32 Å².